The fourth-order valence-electron chi connectivity index (χ4n) is 1.69. The van der Waals surface area contributed by atoms with E-state index in [-0.39, 0.29) is 23.3 Å². The average Bonchev–Trinajstić information content (AvgIpc) is 2.91. The maximum Gasteiger partial charge on any atom is 0.340 e. The highest BCUT2D eigenvalue weighted by Crippen LogP contribution is 2.25. The normalized spacial score (nSPS) is 11.2. The van der Waals surface area contributed by atoms with Crippen LogP contribution >= 0.6 is 0 Å². The zero-order valence-corrected chi connectivity index (χ0v) is 10.5. The number of benzene rings is 1. The Morgan fingerprint density at radius 3 is 3.05 bits per heavy atom. The van der Waals surface area contributed by atoms with Crippen LogP contribution in [0.5, 0.6) is 0 Å². The lowest BCUT2D eigenvalue weighted by Gasteiger charge is -2.02. The number of esters is 1. The third-order valence-electron chi connectivity index (χ3n) is 2.52. The Labute approximate surface area is 113 Å². The zero-order chi connectivity index (χ0) is 14.5. The van der Waals surface area contributed by atoms with E-state index in [1.807, 2.05) is 0 Å². The molecule has 0 bridgehead atoms. The summed E-state index contributed by atoms with van der Waals surface area (Å²) in [6.45, 7) is 1.78. The van der Waals surface area contributed by atoms with Crippen molar-refractivity contribution in [3.05, 3.63) is 52.0 Å². The van der Waals surface area contributed by atoms with Crippen LogP contribution < -0.4 is 0 Å². The smallest absolute Gasteiger partial charge is 0.340 e. The van der Waals surface area contributed by atoms with Gasteiger partial charge in [-0.25, -0.2) is 9.18 Å². The van der Waals surface area contributed by atoms with Crippen molar-refractivity contribution in [2.45, 2.75) is 6.92 Å². The van der Waals surface area contributed by atoms with E-state index in [4.69, 9.17) is 14.7 Å². The van der Waals surface area contributed by atoms with Gasteiger partial charge in [-0.05, 0) is 36.7 Å². The first-order valence-corrected chi connectivity index (χ1v) is 5.77. The lowest BCUT2D eigenvalue weighted by Crippen LogP contribution is -2.05. The van der Waals surface area contributed by atoms with Crippen LogP contribution in [0.1, 0.15) is 12.5 Å². The number of ether oxygens (including phenoxy) is 1. The number of carbonyl (C=O) groups excluding carboxylic acids is 1. The van der Waals surface area contributed by atoms with E-state index in [1.165, 1.54) is 30.5 Å². The van der Waals surface area contributed by atoms with E-state index in [0.29, 0.717) is 5.56 Å². The van der Waals surface area contributed by atoms with Crippen molar-refractivity contribution >= 4 is 23.0 Å². The van der Waals surface area contributed by atoms with Crippen LogP contribution in [0.3, 0.4) is 0 Å². The Kier molecular flexibility index (Phi) is 4.02. The molecule has 2 rings (SSSR count). The van der Waals surface area contributed by atoms with E-state index in [1.54, 1.807) is 6.92 Å². The SMILES string of the molecule is CCOC(=O)/C(=C/c1ccc(F)c2ccoc12)N=[N+]=[N-]. The number of rotatable bonds is 4. The van der Waals surface area contributed by atoms with Crippen molar-refractivity contribution in [1.82, 2.24) is 0 Å². The van der Waals surface area contributed by atoms with Gasteiger partial charge in [0.05, 0.1) is 18.3 Å². The standard InChI is InChI=1S/C13H10FN3O3/c1-2-19-13(18)11(16-17-15)7-8-3-4-10(14)9-5-6-20-12(8)9/h3-7H,2H2,1H3/b11-7-. The summed E-state index contributed by atoms with van der Waals surface area (Å²) >= 11 is 0. The molecule has 0 aliphatic carbocycles. The Hall–Kier alpha value is -2.79. The molecular formula is C13H10FN3O3. The average molecular weight is 275 g/mol. The highest BCUT2D eigenvalue weighted by molar-refractivity contribution is 5.96. The van der Waals surface area contributed by atoms with Gasteiger partial charge in [0, 0.05) is 10.5 Å². The van der Waals surface area contributed by atoms with Gasteiger partial charge in [-0.2, -0.15) is 0 Å². The van der Waals surface area contributed by atoms with Crippen LogP contribution in [0, 0.1) is 5.82 Å². The van der Waals surface area contributed by atoms with E-state index in [9.17, 15) is 9.18 Å². The number of carbonyl (C=O) groups is 1. The van der Waals surface area contributed by atoms with E-state index in [2.05, 4.69) is 10.0 Å². The molecule has 0 amide bonds. The van der Waals surface area contributed by atoms with Gasteiger partial charge in [0.15, 0.2) is 0 Å². The largest absolute Gasteiger partial charge is 0.464 e. The molecule has 0 fully saturated rings. The topological polar surface area (TPSA) is 88.2 Å². The third kappa shape index (κ3) is 2.62. The van der Waals surface area contributed by atoms with Crippen LogP contribution in [0.25, 0.3) is 27.5 Å². The predicted molar refractivity (Wildman–Crippen MR) is 69.9 cm³/mol. The van der Waals surface area contributed by atoms with Crippen molar-refractivity contribution in [1.29, 1.82) is 0 Å². The van der Waals surface area contributed by atoms with E-state index >= 15 is 0 Å². The minimum atomic E-state index is -0.755. The number of azide groups is 1. The van der Waals surface area contributed by atoms with Gasteiger partial charge in [-0.1, -0.05) is 5.11 Å². The molecule has 0 radical (unpaired) electrons. The molecule has 0 saturated heterocycles. The molecule has 1 aromatic heterocycles. The second-order valence-electron chi connectivity index (χ2n) is 3.74. The first-order valence-electron chi connectivity index (χ1n) is 5.77. The minimum absolute atomic E-state index is 0.150. The Bertz CT molecular complexity index is 730. The van der Waals surface area contributed by atoms with Crippen molar-refractivity contribution < 1.29 is 18.3 Å². The summed E-state index contributed by atoms with van der Waals surface area (Å²) < 4.78 is 23.5. The molecule has 6 nitrogen and oxygen atoms in total. The maximum atomic E-state index is 13.5. The number of nitrogens with zero attached hydrogens (tertiary/aromatic N) is 3. The molecule has 0 saturated carbocycles. The Morgan fingerprint density at radius 2 is 2.35 bits per heavy atom. The lowest BCUT2D eigenvalue weighted by molar-refractivity contribution is -0.138. The van der Waals surface area contributed by atoms with Gasteiger partial charge in [-0.3, -0.25) is 0 Å². The summed E-state index contributed by atoms with van der Waals surface area (Å²) in [5.74, 6) is -1.19. The molecule has 0 N–H and O–H groups in total. The first kappa shape index (κ1) is 13.6. The summed E-state index contributed by atoms with van der Waals surface area (Å²) in [4.78, 5) is 14.2. The van der Waals surface area contributed by atoms with Crippen molar-refractivity contribution in [3.8, 4) is 0 Å². The van der Waals surface area contributed by atoms with Gasteiger partial charge in [0.1, 0.15) is 17.1 Å². The molecule has 102 valence electrons. The first-order chi connectivity index (χ1) is 9.67. The maximum absolute atomic E-state index is 13.5. The van der Waals surface area contributed by atoms with Crippen molar-refractivity contribution in [2.24, 2.45) is 5.11 Å². The lowest BCUT2D eigenvalue weighted by atomic mass is 10.1. The fourth-order valence-corrected chi connectivity index (χ4v) is 1.69. The number of hydrogen-bond acceptors (Lipinski definition) is 4. The van der Waals surface area contributed by atoms with Gasteiger partial charge in [0.2, 0.25) is 0 Å². The fraction of sp³-hybridized carbons (Fsp3) is 0.154. The number of hydrogen-bond donors (Lipinski definition) is 0. The summed E-state index contributed by atoms with van der Waals surface area (Å²) in [5.41, 5.74) is 8.93. The number of fused-ring (bicyclic) bond motifs is 1. The molecule has 2 aromatic rings. The molecule has 0 atom stereocenters. The molecule has 0 aliphatic heterocycles. The third-order valence-corrected chi connectivity index (χ3v) is 2.52. The predicted octanol–water partition coefficient (Wildman–Crippen LogP) is 3.79. The summed E-state index contributed by atoms with van der Waals surface area (Å²) in [6.07, 6.45) is 2.63. The van der Waals surface area contributed by atoms with Gasteiger partial charge < -0.3 is 9.15 Å². The molecule has 20 heavy (non-hydrogen) atoms. The second-order valence-corrected chi connectivity index (χ2v) is 3.74. The van der Waals surface area contributed by atoms with Crippen molar-refractivity contribution in [3.63, 3.8) is 0 Å². The highest BCUT2D eigenvalue weighted by Gasteiger charge is 2.12. The van der Waals surface area contributed by atoms with Crippen LogP contribution in [0.2, 0.25) is 0 Å². The van der Waals surface area contributed by atoms with Crippen LogP contribution in [0.15, 0.2) is 39.7 Å². The molecular weight excluding hydrogens is 265 g/mol. The molecule has 7 heteroatoms. The van der Waals surface area contributed by atoms with Crippen LogP contribution in [0.4, 0.5) is 4.39 Å². The Balaban J connectivity index is 2.54. The monoisotopic (exact) mass is 275 g/mol. The summed E-state index contributed by atoms with van der Waals surface area (Å²) in [5, 5.41) is 3.56. The van der Waals surface area contributed by atoms with Crippen molar-refractivity contribution in [2.75, 3.05) is 6.61 Å². The number of halogens is 1. The number of furan rings is 1. The summed E-state index contributed by atoms with van der Waals surface area (Å²) in [7, 11) is 0. The molecule has 0 aliphatic rings. The zero-order valence-electron chi connectivity index (χ0n) is 10.5. The molecule has 0 spiro atoms. The highest BCUT2D eigenvalue weighted by atomic mass is 19.1. The minimum Gasteiger partial charge on any atom is -0.464 e. The second kappa shape index (κ2) is 5.90. The summed E-state index contributed by atoms with van der Waals surface area (Å²) in [6, 6.07) is 4.13. The van der Waals surface area contributed by atoms with E-state index in [0.717, 1.165) is 0 Å². The van der Waals surface area contributed by atoms with Gasteiger partial charge in [-0.15, -0.1) is 0 Å². The van der Waals surface area contributed by atoms with Gasteiger partial charge in [0.25, 0.3) is 0 Å². The van der Waals surface area contributed by atoms with Crippen LogP contribution in [-0.2, 0) is 9.53 Å². The molecule has 1 heterocycles. The molecule has 1 aromatic carbocycles. The van der Waals surface area contributed by atoms with E-state index < -0.39 is 11.8 Å². The van der Waals surface area contributed by atoms with Gasteiger partial charge >= 0.3 is 5.97 Å². The molecule has 0 unspecified atom stereocenters. The Morgan fingerprint density at radius 1 is 1.55 bits per heavy atom. The van der Waals surface area contributed by atoms with Crippen LogP contribution in [-0.4, -0.2) is 12.6 Å². The quantitative estimate of drug-likeness (QED) is 0.279.